The summed E-state index contributed by atoms with van der Waals surface area (Å²) in [6.07, 6.45) is 0. The van der Waals surface area contributed by atoms with E-state index in [4.69, 9.17) is 15.0 Å². The fourth-order valence-corrected chi connectivity index (χ4v) is 6.99. The Labute approximate surface area is 303 Å². The van der Waals surface area contributed by atoms with Gasteiger partial charge in [0.25, 0.3) is 0 Å². The fourth-order valence-electron chi connectivity index (χ4n) is 6.99. The largest absolute Gasteiger partial charge is 0.208 e. The number of hydrogen-bond acceptors (Lipinski definition) is 3. The smallest absolute Gasteiger partial charge is 0.164 e. The number of nitrogens with zero attached hydrogens (tertiary/aromatic N) is 3. The Morgan fingerprint density at radius 1 is 0.231 bits per heavy atom. The van der Waals surface area contributed by atoms with Crippen molar-refractivity contribution in [3.63, 3.8) is 0 Å². The molecule has 1 aromatic heterocycles. The molecule has 0 aliphatic heterocycles. The standard InChI is InChI=1S/C49H33N3/c1-4-14-34(15-5-1)35-26-30-40(31-27-35)47-50-48(41-32-28-38(29-33-41)43-23-12-21-36-18-10-11-22-42(36)43)52-49(51-47)45-25-13-24-44(37-16-6-2-7-17-37)46(45)39-19-8-3-9-20-39/h1-33H. The van der Waals surface area contributed by atoms with Gasteiger partial charge in [0.05, 0.1) is 0 Å². The summed E-state index contributed by atoms with van der Waals surface area (Å²) in [7, 11) is 0. The van der Waals surface area contributed by atoms with Crippen LogP contribution in [0.3, 0.4) is 0 Å². The normalized spacial score (nSPS) is 11.1. The molecule has 0 fully saturated rings. The lowest BCUT2D eigenvalue weighted by Crippen LogP contribution is -2.02. The van der Waals surface area contributed by atoms with Crippen molar-refractivity contribution in [2.45, 2.75) is 0 Å². The molecule has 0 spiro atoms. The average Bonchev–Trinajstić information content (AvgIpc) is 3.24. The first kappa shape index (κ1) is 31.0. The van der Waals surface area contributed by atoms with Gasteiger partial charge in [-0.3, -0.25) is 0 Å². The van der Waals surface area contributed by atoms with Gasteiger partial charge < -0.3 is 0 Å². The van der Waals surface area contributed by atoms with E-state index in [1.54, 1.807) is 0 Å². The molecule has 0 radical (unpaired) electrons. The van der Waals surface area contributed by atoms with Crippen LogP contribution in [0.25, 0.3) is 89.4 Å². The van der Waals surface area contributed by atoms with Gasteiger partial charge in [-0.25, -0.2) is 15.0 Å². The zero-order valence-electron chi connectivity index (χ0n) is 28.4. The van der Waals surface area contributed by atoms with Gasteiger partial charge in [-0.05, 0) is 49.7 Å². The number of fused-ring (bicyclic) bond motifs is 1. The quantitative estimate of drug-likeness (QED) is 0.170. The first-order chi connectivity index (χ1) is 25.8. The second-order valence-electron chi connectivity index (χ2n) is 12.8. The van der Waals surface area contributed by atoms with E-state index >= 15 is 0 Å². The SMILES string of the molecule is c1ccc(-c2ccc(-c3nc(-c4ccc(-c5cccc6ccccc56)cc4)nc(-c4cccc(-c5ccccc5)c4-c4ccccc4)n3)cc2)cc1. The first-order valence-corrected chi connectivity index (χ1v) is 17.5. The van der Waals surface area contributed by atoms with Crippen LogP contribution in [0.5, 0.6) is 0 Å². The third-order valence-electron chi connectivity index (χ3n) is 9.58. The molecule has 0 saturated heterocycles. The van der Waals surface area contributed by atoms with Gasteiger partial charge in [0.2, 0.25) is 0 Å². The molecule has 0 saturated carbocycles. The number of hydrogen-bond donors (Lipinski definition) is 0. The Kier molecular flexibility index (Phi) is 8.20. The molecule has 1 heterocycles. The topological polar surface area (TPSA) is 38.7 Å². The summed E-state index contributed by atoms with van der Waals surface area (Å²) in [6.45, 7) is 0. The van der Waals surface area contributed by atoms with Crippen LogP contribution in [0.15, 0.2) is 200 Å². The molecule has 9 aromatic rings. The van der Waals surface area contributed by atoms with Crippen LogP contribution in [-0.2, 0) is 0 Å². The molecule has 3 nitrogen and oxygen atoms in total. The predicted molar refractivity (Wildman–Crippen MR) is 215 cm³/mol. The second-order valence-corrected chi connectivity index (χ2v) is 12.8. The van der Waals surface area contributed by atoms with Gasteiger partial charge in [0, 0.05) is 22.3 Å². The fraction of sp³-hybridized carbons (Fsp3) is 0. The van der Waals surface area contributed by atoms with Crippen molar-refractivity contribution in [1.82, 2.24) is 15.0 Å². The molecule has 3 heteroatoms. The van der Waals surface area contributed by atoms with E-state index in [-0.39, 0.29) is 0 Å². The molecule has 9 rings (SSSR count). The Bertz CT molecular complexity index is 2630. The molecular weight excluding hydrogens is 631 g/mol. The molecular formula is C49H33N3. The summed E-state index contributed by atoms with van der Waals surface area (Å²) in [4.78, 5) is 15.5. The molecule has 0 atom stereocenters. The summed E-state index contributed by atoms with van der Waals surface area (Å²) in [5, 5.41) is 2.45. The van der Waals surface area contributed by atoms with Crippen LogP contribution in [0.4, 0.5) is 0 Å². The summed E-state index contributed by atoms with van der Waals surface area (Å²) in [5.74, 6) is 1.88. The minimum atomic E-state index is 0.626. The first-order valence-electron chi connectivity index (χ1n) is 17.5. The van der Waals surface area contributed by atoms with Crippen molar-refractivity contribution in [3.05, 3.63) is 200 Å². The summed E-state index contributed by atoms with van der Waals surface area (Å²) in [5.41, 5.74) is 11.9. The van der Waals surface area contributed by atoms with Crippen molar-refractivity contribution >= 4 is 10.8 Å². The molecule has 0 amide bonds. The Balaban J connectivity index is 1.21. The zero-order chi connectivity index (χ0) is 34.7. The van der Waals surface area contributed by atoms with Gasteiger partial charge in [-0.2, -0.15) is 0 Å². The van der Waals surface area contributed by atoms with Gasteiger partial charge in [-0.15, -0.1) is 0 Å². The molecule has 0 aliphatic carbocycles. The lowest BCUT2D eigenvalue weighted by Gasteiger charge is -2.16. The van der Waals surface area contributed by atoms with E-state index in [0.29, 0.717) is 17.5 Å². The van der Waals surface area contributed by atoms with Crippen molar-refractivity contribution < 1.29 is 0 Å². The maximum Gasteiger partial charge on any atom is 0.164 e. The predicted octanol–water partition coefficient (Wildman–Crippen LogP) is 12.7. The lowest BCUT2D eigenvalue weighted by molar-refractivity contribution is 1.07. The molecule has 0 N–H and O–H groups in total. The van der Waals surface area contributed by atoms with E-state index in [1.165, 1.54) is 21.9 Å². The maximum absolute atomic E-state index is 5.22. The van der Waals surface area contributed by atoms with Gasteiger partial charge >= 0.3 is 0 Å². The highest BCUT2D eigenvalue weighted by Crippen LogP contribution is 2.40. The van der Waals surface area contributed by atoms with Crippen molar-refractivity contribution in [2.24, 2.45) is 0 Å². The molecule has 8 aromatic carbocycles. The number of rotatable bonds is 7. The Morgan fingerprint density at radius 3 is 1.29 bits per heavy atom. The van der Waals surface area contributed by atoms with E-state index in [9.17, 15) is 0 Å². The second kappa shape index (κ2) is 13.7. The minimum absolute atomic E-state index is 0.626. The lowest BCUT2D eigenvalue weighted by atomic mass is 9.90. The third-order valence-corrected chi connectivity index (χ3v) is 9.58. The van der Waals surface area contributed by atoms with Gasteiger partial charge in [0.15, 0.2) is 17.5 Å². The van der Waals surface area contributed by atoms with Crippen LogP contribution in [0, 0.1) is 0 Å². The third kappa shape index (κ3) is 6.06. The molecule has 244 valence electrons. The summed E-state index contributed by atoms with van der Waals surface area (Å²) < 4.78 is 0. The monoisotopic (exact) mass is 663 g/mol. The van der Waals surface area contributed by atoms with Crippen molar-refractivity contribution in [3.8, 4) is 78.7 Å². The average molecular weight is 664 g/mol. The van der Waals surface area contributed by atoms with E-state index in [0.717, 1.165) is 50.1 Å². The Morgan fingerprint density at radius 2 is 0.635 bits per heavy atom. The van der Waals surface area contributed by atoms with Gasteiger partial charge in [0.1, 0.15) is 0 Å². The van der Waals surface area contributed by atoms with Crippen LogP contribution in [-0.4, -0.2) is 15.0 Å². The molecule has 0 bridgehead atoms. The zero-order valence-corrected chi connectivity index (χ0v) is 28.4. The van der Waals surface area contributed by atoms with Crippen molar-refractivity contribution in [2.75, 3.05) is 0 Å². The number of benzene rings is 8. The molecule has 52 heavy (non-hydrogen) atoms. The van der Waals surface area contributed by atoms with E-state index in [1.807, 2.05) is 6.07 Å². The molecule has 0 aliphatic rings. The van der Waals surface area contributed by atoms with Gasteiger partial charge in [-0.1, -0.05) is 200 Å². The highest BCUT2D eigenvalue weighted by Gasteiger charge is 2.19. The summed E-state index contributed by atoms with van der Waals surface area (Å²) in [6, 6.07) is 69.9. The van der Waals surface area contributed by atoms with Crippen molar-refractivity contribution in [1.29, 1.82) is 0 Å². The van der Waals surface area contributed by atoms with Crippen LogP contribution >= 0.6 is 0 Å². The maximum atomic E-state index is 5.22. The van der Waals surface area contributed by atoms with Crippen LogP contribution < -0.4 is 0 Å². The van der Waals surface area contributed by atoms with Crippen LogP contribution in [0.1, 0.15) is 0 Å². The number of aromatic nitrogens is 3. The van der Waals surface area contributed by atoms with E-state index < -0.39 is 0 Å². The van der Waals surface area contributed by atoms with Crippen LogP contribution in [0.2, 0.25) is 0 Å². The highest BCUT2D eigenvalue weighted by molar-refractivity contribution is 5.97. The molecule has 0 unspecified atom stereocenters. The van der Waals surface area contributed by atoms with E-state index in [2.05, 4.69) is 194 Å². The Hall–Kier alpha value is -6.97. The summed E-state index contributed by atoms with van der Waals surface area (Å²) >= 11 is 0. The minimum Gasteiger partial charge on any atom is -0.208 e. The highest BCUT2D eigenvalue weighted by atomic mass is 15.0.